The highest BCUT2D eigenvalue weighted by Crippen LogP contribution is 2.32. The Kier molecular flexibility index (Phi) is 4.96. The van der Waals surface area contributed by atoms with E-state index in [-0.39, 0.29) is 11.9 Å². The van der Waals surface area contributed by atoms with Crippen molar-refractivity contribution in [1.82, 2.24) is 0 Å². The maximum Gasteiger partial charge on any atom is 0.209 e. The summed E-state index contributed by atoms with van der Waals surface area (Å²) in [6, 6.07) is 8.39. The lowest BCUT2D eigenvalue weighted by Crippen LogP contribution is -2.17. The van der Waals surface area contributed by atoms with Crippen LogP contribution in [0.3, 0.4) is 0 Å². The maximum absolute atomic E-state index is 10.8. The molecule has 0 aromatic heterocycles. The molecule has 0 spiro atoms. The second-order valence-electron chi connectivity index (χ2n) is 5.02. The number of hydrogen-bond acceptors (Lipinski definition) is 3. The first-order valence-corrected chi connectivity index (χ1v) is 8.48. The first-order valence-electron chi connectivity index (χ1n) is 6.76. The summed E-state index contributed by atoms with van der Waals surface area (Å²) in [5.74, 6) is 0.0393. The number of primary sulfonamides is 1. The molecule has 0 aliphatic heterocycles. The van der Waals surface area contributed by atoms with Gasteiger partial charge in [0.25, 0.3) is 0 Å². The molecular weight excluding hydrogens is 262 g/mol. The van der Waals surface area contributed by atoms with E-state index in [2.05, 4.69) is 18.2 Å². The van der Waals surface area contributed by atoms with Gasteiger partial charge >= 0.3 is 0 Å². The molecule has 1 aromatic carbocycles. The lowest BCUT2D eigenvalue weighted by molar-refractivity contribution is 0.0390. The van der Waals surface area contributed by atoms with Gasteiger partial charge in [0.1, 0.15) is 0 Å². The van der Waals surface area contributed by atoms with Crippen LogP contribution in [0.2, 0.25) is 0 Å². The highest BCUT2D eigenvalue weighted by Gasteiger charge is 2.19. The Morgan fingerprint density at radius 3 is 2.84 bits per heavy atom. The number of fused-ring (bicyclic) bond motifs is 1. The smallest absolute Gasteiger partial charge is 0.209 e. The van der Waals surface area contributed by atoms with Gasteiger partial charge in [0, 0.05) is 6.61 Å². The summed E-state index contributed by atoms with van der Waals surface area (Å²) in [5.41, 5.74) is 2.67. The van der Waals surface area contributed by atoms with E-state index in [4.69, 9.17) is 9.88 Å². The Bertz CT molecular complexity index is 513. The molecule has 0 saturated carbocycles. The second-order valence-corrected chi connectivity index (χ2v) is 6.76. The molecule has 0 saturated heterocycles. The Balaban J connectivity index is 1.78. The molecule has 5 heteroatoms. The van der Waals surface area contributed by atoms with Crippen molar-refractivity contribution in [1.29, 1.82) is 0 Å². The first-order chi connectivity index (χ1) is 9.06. The standard InChI is InChI=1S/C14H21NO3S/c15-19(16,17)11-4-3-10-18-14-9-5-7-12-6-1-2-8-13(12)14/h1-2,6,8,14H,3-5,7,9-11H2,(H2,15,16,17). The summed E-state index contributed by atoms with van der Waals surface area (Å²) in [7, 11) is -3.33. The van der Waals surface area contributed by atoms with Crippen LogP contribution >= 0.6 is 0 Å². The number of benzene rings is 1. The SMILES string of the molecule is NS(=O)(=O)CCCCOC1CCCc2ccccc21. The summed E-state index contributed by atoms with van der Waals surface area (Å²) in [6.45, 7) is 0.592. The van der Waals surface area contributed by atoms with Crippen molar-refractivity contribution in [3.8, 4) is 0 Å². The molecule has 1 aromatic rings. The topological polar surface area (TPSA) is 69.4 Å². The molecule has 1 unspecified atom stereocenters. The Hall–Kier alpha value is -0.910. The molecule has 2 N–H and O–H groups in total. The molecule has 0 heterocycles. The van der Waals surface area contributed by atoms with E-state index in [1.807, 2.05) is 6.07 Å². The van der Waals surface area contributed by atoms with Gasteiger partial charge in [-0.2, -0.15) is 0 Å². The average molecular weight is 283 g/mol. The van der Waals surface area contributed by atoms with Crippen molar-refractivity contribution in [2.24, 2.45) is 5.14 Å². The van der Waals surface area contributed by atoms with Gasteiger partial charge < -0.3 is 4.74 Å². The largest absolute Gasteiger partial charge is 0.374 e. The summed E-state index contributed by atoms with van der Waals surface area (Å²) in [6.07, 6.45) is 4.79. The van der Waals surface area contributed by atoms with E-state index in [0.29, 0.717) is 13.0 Å². The fraction of sp³-hybridized carbons (Fsp3) is 0.571. The van der Waals surface area contributed by atoms with Crippen LogP contribution in [0, 0.1) is 0 Å². The van der Waals surface area contributed by atoms with Crippen LogP contribution in [0.1, 0.15) is 42.9 Å². The molecule has 0 radical (unpaired) electrons. The number of aryl methyl sites for hydroxylation is 1. The molecule has 19 heavy (non-hydrogen) atoms. The van der Waals surface area contributed by atoms with Gasteiger partial charge in [-0.1, -0.05) is 24.3 Å². The molecule has 106 valence electrons. The van der Waals surface area contributed by atoms with Gasteiger partial charge in [-0.3, -0.25) is 0 Å². The number of unbranched alkanes of at least 4 members (excludes halogenated alkanes) is 1. The normalized spacial score (nSPS) is 19.1. The lowest BCUT2D eigenvalue weighted by Gasteiger charge is -2.25. The Morgan fingerprint density at radius 1 is 1.26 bits per heavy atom. The fourth-order valence-electron chi connectivity index (χ4n) is 2.51. The minimum atomic E-state index is -3.33. The minimum Gasteiger partial charge on any atom is -0.374 e. The van der Waals surface area contributed by atoms with Crippen LogP contribution in [0.15, 0.2) is 24.3 Å². The van der Waals surface area contributed by atoms with Crippen LogP contribution < -0.4 is 5.14 Å². The second kappa shape index (κ2) is 6.50. The molecular formula is C14H21NO3S. The van der Waals surface area contributed by atoms with Gasteiger partial charge in [-0.15, -0.1) is 0 Å². The molecule has 4 nitrogen and oxygen atoms in total. The number of hydrogen-bond donors (Lipinski definition) is 1. The minimum absolute atomic E-state index is 0.0393. The first kappa shape index (κ1) is 14.5. The molecule has 2 rings (SSSR count). The van der Waals surface area contributed by atoms with Crippen LogP contribution in [0.25, 0.3) is 0 Å². The molecule has 0 amide bonds. The predicted molar refractivity (Wildman–Crippen MR) is 75.3 cm³/mol. The Labute approximate surface area is 115 Å². The maximum atomic E-state index is 10.8. The summed E-state index contributed by atoms with van der Waals surface area (Å²) in [4.78, 5) is 0. The molecule has 0 fully saturated rings. The monoisotopic (exact) mass is 283 g/mol. The van der Waals surface area contributed by atoms with Crippen molar-refractivity contribution < 1.29 is 13.2 Å². The highest BCUT2D eigenvalue weighted by molar-refractivity contribution is 7.89. The van der Waals surface area contributed by atoms with Crippen molar-refractivity contribution in [3.05, 3.63) is 35.4 Å². The fourth-order valence-corrected chi connectivity index (χ4v) is 3.12. The number of rotatable bonds is 6. The predicted octanol–water partition coefficient (Wildman–Crippen LogP) is 2.15. The summed E-state index contributed by atoms with van der Waals surface area (Å²) in [5, 5.41) is 4.96. The zero-order valence-corrected chi connectivity index (χ0v) is 11.9. The quantitative estimate of drug-likeness (QED) is 0.813. The van der Waals surface area contributed by atoms with Gasteiger partial charge in [-0.05, 0) is 43.2 Å². The zero-order chi connectivity index (χ0) is 13.7. The number of ether oxygens (including phenoxy) is 1. The third kappa shape index (κ3) is 4.60. The van der Waals surface area contributed by atoms with Gasteiger partial charge in [-0.25, -0.2) is 13.6 Å². The van der Waals surface area contributed by atoms with Crippen molar-refractivity contribution >= 4 is 10.0 Å². The van der Waals surface area contributed by atoms with Crippen LogP contribution in [-0.2, 0) is 21.2 Å². The number of nitrogens with two attached hydrogens (primary N) is 1. The molecule has 0 bridgehead atoms. The number of sulfonamides is 1. The highest BCUT2D eigenvalue weighted by atomic mass is 32.2. The lowest BCUT2D eigenvalue weighted by atomic mass is 9.89. The van der Waals surface area contributed by atoms with Gasteiger partial charge in [0.05, 0.1) is 11.9 Å². The molecule has 1 atom stereocenters. The van der Waals surface area contributed by atoms with E-state index in [1.165, 1.54) is 11.1 Å². The zero-order valence-electron chi connectivity index (χ0n) is 11.0. The van der Waals surface area contributed by atoms with E-state index in [1.54, 1.807) is 0 Å². The van der Waals surface area contributed by atoms with Crippen LogP contribution in [0.4, 0.5) is 0 Å². The molecule has 1 aliphatic carbocycles. The van der Waals surface area contributed by atoms with Gasteiger partial charge in [0.15, 0.2) is 0 Å². The van der Waals surface area contributed by atoms with Crippen molar-refractivity contribution in [3.63, 3.8) is 0 Å². The van der Waals surface area contributed by atoms with E-state index in [9.17, 15) is 8.42 Å². The van der Waals surface area contributed by atoms with Crippen LogP contribution in [-0.4, -0.2) is 20.8 Å². The third-order valence-corrected chi connectivity index (χ3v) is 4.31. The van der Waals surface area contributed by atoms with Crippen molar-refractivity contribution in [2.75, 3.05) is 12.4 Å². The summed E-state index contributed by atoms with van der Waals surface area (Å²) < 4.78 is 27.5. The van der Waals surface area contributed by atoms with Gasteiger partial charge in [0.2, 0.25) is 10.0 Å². The summed E-state index contributed by atoms with van der Waals surface area (Å²) >= 11 is 0. The van der Waals surface area contributed by atoms with E-state index >= 15 is 0 Å². The molecule has 1 aliphatic rings. The van der Waals surface area contributed by atoms with Crippen molar-refractivity contribution in [2.45, 2.75) is 38.2 Å². The average Bonchev–Trinajstić information content (AvgIpc) is 2.37. The van der Waals surface area contributed by atoms with Crippen LogP contribution in [0.5, 0.6) is 0 Å². The third-order valence-electron chi connectivity index (χ3n) is 3.46. The Morgan fingerprint density at radius 2 is 2.05 bits per heavy atom. The van der Waals surface area contributed by atoms with E-state index in [0.717, 1.165) is 25.7 Å². The van der Waals surface area contributed by atoms with E-state index < -0.39 is 10.0 Å².